The van der Waals surface area contributed by atoms with Crippen LogP contribution in [-0.4, -0.2) is 28.0 Å². The molecule has 0 spiro atoms. The van der Waals surface area contributed by atoms with Crippen molar-refractivity contribution in [1.82, 2.24) is 14.9 Å². The summed E-state index contributed by atoms with van der Waals surface area (Å²) in [6, 6.07) is 0. The highest BCUT2D eigenvalue weighted by Crippen LogP contribution is 2.30. The van der Waals surface area contributed by atoms with Gasteiger partial charge in [-0.15, -0.1) is 0 Å². The summed E-state index contributed by atoms with van der Waals surface area (Å²) in [4.78, 5) is 12.1. The van der Waals surface area contributed by atoms with Gasteiger partial charge in [0.25, 0.3) is 0 Å². The zero-order valence-electron chi connectivity index (χ0n) is 16.6. The maximum absolute atomic E-state index is 4.96. The van der Waals surface area contributed by atoms with Crippen LogP contribution in [0.5, 0.6) is 0 Å². The van der Waals surface area contributed by atoms with Crippen molar-refractivity contribution in [3.05, 3.63) is 29.0 Å². The standard InChI is InChI=1S/C20H35N3/c1-10-15-16(13-14-23(11-2)12-3)21-18(20(7,8)9)22-17(15)19(4,5)6/h13-14H,10-12H2,1-9H3/b14-13+. The molecule has 3 heteroatoms. The van der Waals surface area contributed by atoms with Gasteiger partial charge in [-0.05, 0) is 31.9 Å². The summed E-state index contributed by atoms with van der Waals surface area (Å²) in [5, 5.41) is 0. The molecule has 3 nitrogen and oxygen atoms in total. The fourth-order valence-corrected chi connectivity index (χ4v) is 2.55. The first-order valence-electron chi connectivity index (χ1n) is 8.88. The number of nitrogens with zero attached hydrogens (tertiary/aromatic N) is 3. The number of hydrogen-bond acceptors (Lipinski definition) is 3. The van der Waals surface area contributed by atoms with E-state index < -0.39 is 0 Å². The molecule has 0 fully saturated rings. The maximum atomic E-state index is 4.96. The minimum absolute atomic E-state index is 0.0199. The quantitative estimate of drug-likeness (QED) is 0.769. The Balaban J connectivity index is 3.53. The van der Waals surface area contributed by atoms with Gasteiger partial charge in [0.05, 0.1) is 11.4 Å². The van der Waals surface area contributed by atoms with Crippen LogP contribution < -0.4 is 0 Å². The van der Waals surface area contributed by atoms with Crippen LogP contribution in [0.15, 0.2) is 6.20 Å². The van der Waals surface area contributed by atoms with Crippen LogP contribution >= 0.6 is 0 Å². The molecule has 0 saturated carbocycles. The van der Waals surface area contributed by atoms with Gasteiger partial charge in [-0.25, -0.2) is 9.97 Å². The van der Waals surface area contributed by atoms with Crippen LogP contribution in [0.3, 0.4) is 0 Å². The predicted octanol–water partition coefficient (Wildman–Crippen LogP) is 4.95. The predicted molar refractivity (Wildman–Crippen MR) is 101 cm³/mol. The molecule has 0 radical (unpaired) electrons. The Bertz CT molecular complexity index is 541. The molecule has 130 valence electrons. The lowest BCUT2D eigenvalue weighted by Gasteiger charge is -2.26. The first-order valence-corrected chi connectivity index (χ1v) is 8.88. The van der Waals surface area contributed by atoms with Crippen LogP contribution in [0.2, 0.25) is 0 Å². The summed E-state index contributed by atoms with van der Waals surface area (Å²) in [5.41, 5.74) is 3.49. The van der Waals surface area contributed by atoms with E-state index in [0.717, 1.165) is 31.0 Å². The first-order chi connectivity index (χ1) is 10.5. The van der Waals surface area contributed by atoms with Crippen molar-refractivity contribution in [3.8, 4) is 0 Å². The first kappa shape index (κ1) is 19.7. The van der Waals surface area contributed by atoms with Gasteiger partial charge in [-0.3, -0.25) is 0 Å². The van der Waals surface area contributed by atoms with Gasteiger partial charge in [-0.2, -0.15) is 0 Å². The van der Waals surface area contributed by atoms with Gasteiger partial charge >= 0.3 is 0 Å². The van der Waals surface area contributed by atoms with Gasteiger partial charge in [0, 0.05) is 30.1 Å². The van der Waals surface area contributed by atoms with E-state index in [0.29, 0.717) is 0 Å². The third-order valence-corrected chi connectivity index (χ3v) is 4.03. The van der Waals surface area contributed by atoms with E-state index in [2.05, 4.69) is 79.5 Å². The minimum Gasteiger partial charge on any atom is -0.378 e. The fraction of sp³-hybridized carbons (Fsp3) is 0.700. The highest BCUT2D eigenvalue weighted by molar-refractivity contribution is 5.52. The molecule has 0 atom stereocenters. The average Bonchev–Trinajstić information content (AvgIpc) is 2.45. The van der Waals surface area contributed by atoms with Crippen molar-refractivity contribution >= 4 is 6.08 Å². The Kier molecular flexibility index (Phi) is 6.38. The molecule has 0 amide bonds. The maximum Gasteiger partial charge on any atom is 0.134 e. The Labute approximate surface area is 143 Å². The summed E-state index contributed by atoms with van der Waals surface area (Å²) in [7, 11) is 0. The summed E-state index contributed by atoms with van der Waals surface area (Å²) >= 11 is 0. The average molecular weight is 318 g/mol. The summed E-state index contributed by atoms with van der Waals surface area (Å²) in [6.45, 7) is 21.8. The van der Waals surface area contributed by atoms with Crippen molar-refractivity contribution in [2.24, 2.45) is 0 Å². The Morgan fingerprint density at radius 2 is 1.43 bits per heavy atom. The van der Waals surface area contributed by atoms with Gasteiger partial charge in [0.15, 0.2) is 0 Å². The summed E-state index contributed by atoms with van der Waals surface area (Å²) < 4.78 is 0. The van der Waals surface area contributed by atoms with Crippen LogP contribution in [0, 0.1) is 0 Å². The molecule has 0 aliphatic carbocycles. The highest BCUT2D eigenvalue weighted by atomic mass is 15.1. The molecule has 0 aromatic carbocycles. The monoisotopic (exact) mass is 317 g/mol. The van der Waals surface area contributed by atoms with E-state index in [9.17, 15) is 0 Å². The van der Waals surface area contributed by atoms with Gasteiger partial charge < -0.3 is 4.90 Å². The van der Waals surface area contributed by atoms with E-state index in [1.165, 1.54) is 11.3 Å². The third kappa shape index (κ3) is 5.05. The van der Waals surface area contributed by atoms with E-state index >= 15 is 0 Å². The molecule has 1 rings (SSSR count). The zero-order chi connectivity index (χ0) is 17.8. The summed E-state index contributed by atoms with van der Waals surface area (Å²) in [5.74, 6) is 0.929. The molecule has 0 unspecified atom stereocenters. The molecule has 0 aliphatic rings. The number of rotatable bonds is 5. The van der Waals surface area contributed by atoms with Crippen molar-refractivity contribution in [2.75, 3.05) is 13.1 Å². The molecule has 0 saturated heterocycles. The lowest BCUT2D eigenvalue weighted by molar-refractivity contribution is 0.421. The second-order valence-electron chi connectivity index (χ2n) is 8.15. The Hall–Kier alpha value is -1.38. The minimum atomic E-state index is -0.0515. The van der Waals surface area contributed by atoms with Crippen molar-refractivity contribution < 1.29 is 0 Å². The van der Waals surface area contributed by atoms with E-state index in [-0.39, 0.29) is 10.8 Å². The fourth-order valence-electron chi connectivity index (χ4n) is 2.55. The van der Waals surface area contributed by atoms with Crippen molar-refractivity contribution in [3.63, 3.8) is 0 Å². The topological polar surface area (TPSA) is 29.0 Å². The molecule has 1 aromatic heterocycles. The Morgan fingerprint density at radius 3 is 1.83 bits per heavy atom. The van der Waals surface area contributed by atoms with E-state index in [1.54, 1.807) is 0 Å². The highest BCUT2D eigenvalue weighted by Gasteiger charge is 2.26. The molecular formula is C20H35N3. The van der Waals surface area contributed by atoms with Crippen LogP contribution in [0.25, 0.3) is 6.08 Å². The lowest BCUT2D eigenvalue weighted by atomic mass is 9.85. The molecule has 1 heterocycles. The summed E-state index contributed by atoms with van der Waals surface area (Å²) in [6.07, 6.45) is 5.29. The zero-order valence-corrected chi connectivity index (χ0v) is 16.6. The molecular weight excluding hydrogens is 282 g/mol. The van der Waals surface area contributed by atoms with Crippen LogP contribution in [-0.2, 0) is 17.3 Å². The largest absolute Gasteiger partial charge is 0.378 e. The van der Waals surface area contributed by atoms with Crippen LogP contribution in [0.4, 0.5) is 0 Å². The second-order valence-corrected chi connectivity index (χ2v) is 8.15. The molecule has 0 N–H and O–H groups in total. The van der Waals surface area contributed by atoms with Gasteiger partial charge in [-0.1, -0.05) is 48.5 Å². The lowest BCUT2D eigenvalue weighted by Crippen LogP contribution is -2.25. The van der Waals surface area contributed by atoms with Gasteiger partial charge in [0.2, 0.25) is 0 Å². The van der Waals surface area contributed by atoms with Crippen molar-refractivity contribution in [1.29, 1.82) is 0 Å². The molecule has 1 aromatic rings. The van der Waals surface area contributed by atoms with E-state index in [1.807, 2.05) is 0 Å². The number of aromatic nitrogens is 2. The van der Waals surface area contributed by atoms with Crippen LogP contribution in [0.1, 0.15) is 85.1 Å². The normalized spacial score (nSPS) is 12.9. The molecule has 0 aliphatic heterocycles. The second kappa shape index (κ2) is 7.46. The smallest absolute Gasteiger partial charge is 0.134 e. The third-order valence-electron chi connectivity index (χ3n) is 4.03. The van der Waals surface area contributed by atoms with E-state index in [4.69, 9.17) is 9.97 Å². The van der Waals surface area contributed by atoms with Gasteiger partial charge in [0.1, 0.15) is 5.82 Å². The molecule has 0 bridgehead atoms. The number of hydrogen-bond donors (Lipinski definition) is 0. The Morgan fingerprint density at radius 1 is 0.870 bits per heavy atom. The van der Waals surface area contributed by atoms with Crippen molar-refractivity contribution in [2.45, 2.75) is 79.6 Å². The molecule has 23 heavy (non-hydrogen) atoms. The SMILES string of the molecule is CCc1c(/C=C/N(CC)CC)nc(C(C)(C)C)nc1C(C)(C)C.